The summed E-state index contributed by atoms with van der Waals surface area (Å²) in [5.74, 6) is -1.03. The molecule has 0 amide bonds. The maximum absolute atomic E-state index is 10.0. The van der Waals surface area contributed by atoms with E-state index in [-0.39, 0.29) is 0 Å². The monoisotopic (exact) mass is 134 g/mol. The second kappa shape index (κ2) is 3.85. The van der Waals surface area contributed by atoms with Crippen LogP contribution in [0, 0.1) is 0 Å². The van der Waals surface area contributed by atoms with Crippen LogP contribution < -0.4 is 0 Å². The summed E-state index contributed by atoms with van der Waals surface area (Å²) in [6.07, 6.45) is -1.12. The molecular weight excluding hydrogens is 128 g/mol. The van der Waals surface area contributed by atoms with Gasteiger partial charge in [-0.3, -0.25) is 0 Å². The molecule has 0 atom stereocenters. The highest BCUT2D eigenvalue weighted by molar-refractivity contribution is 5.82. The molecule has 0 bridgehead atoms. The van der Waals surface area contributed by atoms with Gasteiger partial charge in [0.25, 0.3) is 0 Å². The predicted octanol–water partition coefficient (Wildman–Crippen LogP) is -0.712. The molecule has 0 aromatic heterocycles. The van der Waals surface area contributed by atoms with Gasteiger partial charge >= 0.3 is 12.1 Å². The minimum absolute atomic E-state index is 0.824. The van der Waals surface area contributed by atoms with Crippen LogP contribution in [0.1, 0.15) is 0 Å². The van der Waals surface area contributed by atoms with Gasteiger partial charge in [0.05, 0.1) is 7.11 Å². The van der Waals surface area contributed by atoms with E-state index in [0.717, 1.165) is 7.11 Å². The molecule has 0 rings (SSSR count). The Labute approximate surface area is 51.2 Å². The summed E-state index contributed by atoms with van der Waals surface area (Å²) in [5, 5.41) is 8.00. The molecule has 0 aliphatic rings. The number of ether oxygens (including phenoxy) is 2. The van der Waals surface area contributed by atoms with Crippen molar-refractivity contribution >= 4 is 12.1 Å². The summed E-state index contributed by atoms with van der Waals surface area (Å²) >= 11 is 0. The quantitative estimate of drug-likeness (QED) is 0.378. The molecule has 0 fully saturated rings. The largest absolute Gasteiger partial charge is 0.515 e. The zero-order chi connectivity index (χ0) is 7.28. The van der Waals surface area contributed by atoms with Crippen molar-refractivity contribution in [2.45, 2.75) is 0 Å². The smallest absolute Gasteiger partial charge is 0.437 e. The van der Waals surface area contributed by atoms with Gasteiger partial charge in [0.1, 0.15) is 6.61 Å². The van der Waals surface area contributed by atoms with Crippen molar-refractivity contribution in [1.29, 1.82) is 0 Å². The lowest BCUT2D eigenvalue weighted by Gasteiger charge is -1.95. The van der Waals surface area contributed by atoms with Crippen molar-refractivity contribution in [3.63, 3.8) is 0 Å². The van der Waals surface area contributed by atoms with Crippen LogP contribution in [0.3, 0.4) is 0 Å². The molecule has 0 aliphatic heterocycles. The molecular formula is C4H6O5. The minimum atomic E-state index is -1.12. The number of carbonyl (C=O) groups is 2. The lowest BCUT2D eigenvalue weighted by atomic mass is 10.7. The maximum atomic E-state index is 10.0. The lowest BCUT2D eigenvalue weighted by molar-refractivity contribution is -0.142. The fraction of sp³-hybridized carbons (Fsp3) is 0.500. The summed E-state index contributed by atoms with van der Waals surface area (Å²) < 4.78 is 7.73. The fourth-order valence-electron chi connectivity index (χ4n) is 0.167. The molecule has 52 valence electrons. The van der Waals surface area contributed by atoms with Crippen LogP contribution in [-0.4, -0.2) is 30.9 Å². The average molecular weight is 134 g/mol. The molecule has 9 heavy (non-hydrogen) atoms. The van der Waals surface area contributed by atoms with Crippen molar-refractivity contribution in [2.75, 3.05) is 13.7 Å². The second-order valence-electron chi connectivity index (χ2n) is 1.09. The van der Waals surface area contributed by atoms with Gasteiger partial charge in [-0.15, -0.1) is 0 Å². The van der Waals surface area contributed by atoms with Crippen LogP contribution in [0.5, 0.6) is 0 Å². The standard InChI is InChI=1S/C4H6O5/c1-8-4(7)9-3(6)2-5/h5H,2H2,1H3. The van der Waals surface area contributed by atoms with E-state index in [1.54, 1.807) is 0 Å². The molecule has 0 aromatic carbocycles. The molecule has 0 saturated heterocycles. The van der Waals surface area contributed by atoms with Gasteiger partial charge < -0.3 is 14.6 Å². The van der Waals surface area contributed by atoms with E-state index in [0.29, 0.717) is 0 Å². The van der Waals surface area contributed by atoms with Gasteiger partial charge in [-0.2, -0.15) is 0 Å². The molecule has 0 spiro atoms. The van der Waals surface area contributed by atoms with E-state index in [9.17, 15) is 9.59 Å². The third-order valence-electron chi connectivity index (χ3n) is 0.493. The zero-order valence-electron chi connectivity index (χ0n) is 4.79. The van der Waals surface area contributed by atoms with Crippen LogP contribution in [0.25, 0.3) is 0 Å². The van der Waals surface area contributed by atoms with Crippen LogP contribution in [0.4, 0.5) is 4.79 Å². The SMILES string of the molecule is COC(=O)OC(=O)CO. The third-order valence-corrected chi connectivity index (χ3v) is 0.493. The second-order valence-corrected chi connectivity index (χ2v) is 1.09. The Balaban J connectivity index is 3.47. The highest BCUT2D eigenvalue weighted by Gasteiger charge is 2.06. The van der Waals surface area contributed by atoms with E-state index in [1.165, 1.54) is 0 Å². The molecule has 5 heteroatoms. The van der Waals surface area contributed by atoms with Crippen LogP contribution in [-0.2, 0) is 14.3 Å². The topological polar surface area (TPSA) is 72.8 Å². The van der Waals surface area contributed by atoms with Crippen LogP contribution in [0.15, 0.2) is 0 Å². The molecule has 5 nitrogen and oxygen atoms in total. The Hall–Kier alpha value is -1.10. The molecule has 0 saturated carbocycles. The average Bonchev–Trinajstić information content (AvgIpc) is 1.87. The van der Waals surface area contributed by atoms with Crippen molar-refractivity contribution in [3.8, 4) is 0 Å². The van der Waals surface area contributed by atoms with E-state index >= 15 is 0 Å². The van der Waals surface area contributed by atoms with Gasteiger partial charge in [-0.25, -0.2) is 9.59 Å². The van der Waals surface area contributed by atoms with Crippen molar-refractivity contribution < 1.29 is 24.2 Å². The first-order chi connectivity index (χ1) is 4.20. The molecule has 0 aliphatic carbocycles. The Kier molecular flexibility index (Phi) is 3.38. The number of rotatable bonds is 1. The number of carbonyl (C=O) groups excluding carboxylic acids is 2. The number of aliphatic hydroxyl groups is 1. The Morgan fingerprint density at radius 1 is 1.56 bits per heavy atom. The summed E-state index contributed by atoms with van der Waals surface area (Å²) in [6, 6.07) is 0. The Bertz CT molecular complexity index is 104. The first-order valence-electron chi connectivity index (χ1n) is 2.10. The van der Waals surface area contributed by atoms with E-state index in [4.69, 9.17) is 5.11 Å². The molecule has 0 heterocycles. The summed E-state index contributed by atoms with van der Waals surface area (Å²) in [6.45, 7) is -0.824. The minimum Gasteiger partial charge on any atom is -0.437 e. The lowest BCUT2D eigenvalue weighted by Crippen LogP contribution is -2.14. The van der Waals surface area contributed by atoms with Crippen LogP contribution >= 0.6 is 0 Å². The summed E-state index contributed by atoms with van der Waals surface area (Å²) in [7, 11) is 1.06. The Morgan fingerprint density at radius 3 is 2.44 bits per heavy atom. The highest BCUT2D eigenvalue weighted by atomic mass is 16.7. The maximum Gasteiger partial charge on any atom is 0.515 e. The molecule has 1 N–H and O–H groups in total. The van der Waals surface area contributed by atoms with Gasteiger partial charge in [-0.1, -0.05) is 0 Å². The number of esters is 1. The first-order valence-corrected chi connectivity index (χ1v) is 2.10. The summed E-state index contributed by atoms with van der Waals surface area (Å²) in [5.41, 5.74) is 0. The predicted molar refractivity (Wildman–Crippen MR) is 25.6 cm³/mol. The molecule has 0 radical (unpaired) electrons. The normalized spacial score (nSPS) is 8.22. The van der Waals surface area contributed by atoms with Crippen molar-refractivity contribution in [1.82, 2.24) is 0 Å². The molecule has 0 unspecified atom stereocenters. The third kappa shape index (κ3) is 3.48. The van der Waals surface area contributed by atoms with E-state index in [1.807, 2.05) is 0 Å². The number of methoxy groups -OCH3 is 1. The zero-order valence-corrected chi connectivity index (χ0v) is 4.79. The van der Waals surface area contributed by atoms with E-state index in [2.05, 4.69) is 9.47 Å². The number of hydrogen-bond acceptors (Lipinski definition) is 5. The summed E-state index contributed by atoms with van der Waals surface area (Å²) in [4.78, 5) is 20.0. The van der Waals surface area contributed by atoms with Gasteiger partial charge in [-0.05, 0) is 0 Å². The Morgan fingerprint density at radius 2 is 2.11 bits per heavy atom. The van der Waals surface area contributed by atoms with Gasteiger partial charge in [0.2, 0.25) is 0 Å². The van der Waals surface area contributed by atoms with Gasteiger partial charge in [0.15, 0.2) is 0 Å². The molecule has 0 aromatic rings. The van der Waals surface area contributed by atoms with E-state index < -0.39 is 18.7 Å². The van der Waals surface area contributed by atoms with Gasteiger partial charge in [0, 0.05) is 0 Å². The van der Waals surface area contributed by atoms with Crippen LogP contribution in [0.2, 0.25) is 0 Å². The van der Waals surface area contributed by atoms with Crippen molar-refractivity contribution in [3.05, 3.63) is 0 Å². The number of aliphatic hydroxyl groups excluding tert-OH is 1. The van der Waals surface area contributed by atoms with Crippen molar-refractivity contribution in [2.24, 2.45) is 0 Å². The highest BCUT2D eigenvalue weighted by Crippen LogP contribution is 1.81. The number of hydrogen-bond donors (Lipinski definition) is 1. The fourth-order valence-corrected chi connectivity index (χ4v) is 0.167. The first kappa shape index (κ1) is 7.90.